The van der Waals surface area contributed by atoms with Gasteiger partial charge in [-0.3, -0.25) is 4.90 Å². The summed E-state index contributed by atoms with van der Waals surface area (Å²) in [7, 11) is 0. The van der Waals surface area contributed by atoms with Crippen LogP contribution in [0.15, 0.2) is 28.7 Å². The van der Waals surface area contributed by atoms with Crippen molar-refractivity contribution in [3.8, 4) is 6.07 Å². The lowest BCUT2D eigenvalue weighted by Crippen LogP contribution is -2.31. The predicted molar refractivity (Wildman–Crippen MR) is 69.9 cm³/mol. The van der Waals surface area contributed by atoms with Crippen molar-refractivity contribution in [1.29, 1.82) is 5.26 Å². The van der Waals surface area contributed by atoms with E-state index in [4.69, 9.17) is 5.26 Å². The molecule has 0 radical (unpaired) electrons. The van der Waals surface area contributed by atoms with Crippen molar-refractivity contribution in [2.45, 2.75) is 32.9 Å². The second-order valence-electron chi connectivity index (χ2n) is 4.10. The maximum absolute atomic E-state index is 8.62. The van der Waals surface area contributed by atoms with Gasteiger partial charge in [0.25, 0.3) is 0 Å². The van der Waals surface area contributed by atoms with Crippen LogP contribution in [0.3, 0.4) is 0 Å². The first kappa shape index (κ1) is 13.2. The SMILES string of the molecule is CC(C)N(CCC#N)Cc1ccc(Br)cc1. The van der Waals surface area contributed by atoms with Crippen LogP contribution in [0.25, 0.3) is 0 Å². The molecule has 0 aliphatic rings. The summed E-state index contributed by atoms with van der Waals surface area (Å²) in [5.41, 5.74) is 1.29. The van der Waals surface area contributed by atoms with E-state index in [0.717, 1.165) is 17.6 Å². The molecular weight excluding hydrogens is 264 g/mol. The second-order valence-corrected chi connectivity index (χ2v) is 5.01. The van der Waals surface area contributed by atoms with Gasteiger partial charge in [-0.25, -0.2) is 0 Å². The van der Waals surface area contributed by atoms with E-state index in [1.807, 2.05) is 0 Å². The van der Waals surface area contributed by atoms with Gasteiger partial charge in [0, 0.05) is 30.0 Å². The highest BCUT2D eigenvalue weighted by atomic mass is 79.9. The van der Waals surface area contributed by atoms with E-state index >= 15 is 0 Å². The molecule has 0 aromatic heterocycles. The molecule has 0 fully saturated rings. The van der Waals surface area contributed by atoms with Gasteiger partial charge in [0.05, 0.1) is 6.07 Å². The Morgan fingerprint density at radius 2 is 1.94 bits per heavy atom. The van der Waals surface area contributed by atoms with Crippen LogP contribution in [0.1, 0.15) is 25.8 Å². The van der Waals surface area contributed by atoms with Crippen molar-refractivity contribution >= 4 is 15.9 Å². The first-order valence-electron chi connectivity index (χ1n) is 5.49. The zero-order chi connectivity index (χ0) is 12.0. The van der Waals surface area contributed by atoms with Crippen LogP contribution in [0, 0.1) is 11.3 Å². The Morgan fingerprint density at radius 1 is 1.31 bits per heavy atom. The molecular formula is C13H17BrN2. The minimum absolute atomic E-state index is 0.469. The first-order chi connectivity index (χ1) is 7.63. The molecule has 1 aromatic rings. The summed E-state index contributed by atoms with van der Waals surface area (Å²) in [5.74, 6) is 0. The highest BCUT2D eigenvalue weighted by Crippen LogP contribution is 2.13. The molecule has 0 heterocycles. The normalized spacial score (nSPS) is 10.8. The number of nitrogens with zero attached hydrogens (tertiary/aromatic N) is 2. The number of nitriles is 1. The fourth-order valence-corrected chi connectivity index (χ4v) is 1.80. The molecule has 86 valence electrons. The molecule has 0 unspecified atom stereocenters. The zero-order valence-corrected chi connectivity index (χ0v) is 11.4. The van der Waals surface area contributed by atoms with Crippen LogP contribution >= 0.6 is 15.9 Å². The highest BCUT2D eigenvalue weighted by Gasteiger charge is 2.09. The average molecular weight is 281 g/mol. The Hall–Kier alpha value is -0.850. The van der Waals surface area contributed by atoms with E-state index in [0.29, 0.717) is 12.5 Å². The Balaban J connectivity index is 2.61. The molecule has 0 atom stereocenters. The molecule has 3 heteroatoms. The Labute approximate surface area is 106 Å². The van der Waals surface area contributed by atoms with E-state index in [1.54, 1.807) is 0 Å². The summed E-state index contributed by atoms with van der Waals surface area (Å²) in [4.78, 5) is 2.31. The lowest BCUT2D eigenvalue weighted by Gasteiger charge is -2.25. The smallest absolute Gasteiger partial charge is 0.0635 e. The molecule has 0 amide bonds. The number of halogens is 1. The van der Waals surface area contributed by atoms with Crippen LogP contribution in [-0.2, 0) is 6.54 Å². The maximum atomic E-state index is 8.62. The van der Waals surface area contributed by atoms with Gasteiger partial charge in [0.15, 0.2) is 0 Å². The fraction of sp³-hybridized carbons (Fsp3) is 0.462. The molecule has 0 aliphatic heterocycles. The standard InChI is InChI=1S/C13H17BrN2/c1-11(2)16(9-3-8-15)10-12-4-6-13(14)7-5-12/h4-7,11H,3,9-10H2,1-2H3. The van der Waals surface area contributed by atoms with E-state index in [2.05, 4.69) is 65.0 Å². The molecule has 0 saturated heterocycles. The summed E-state index contributed by atoms with van der Waals surface area (Å²) < 4.78 is 1.10. The zero-order valence-electron chi connectivity index (χ0n) is 9.78. The molecule has 1 rings (SSSR count). The molecule has 2 nitrogen and oxygen atoms in total. The highest BCUT2D eigenvalue weighted by molar-refractivity contribution is 9.10. The van der Waals surface area contributed by atoms with Crippen molar-refractivity contribution in [3.63, 3.8) is 0 Å². The van der Waals surface area contributed by atoms with Crippen LogP contribution in [0.2, 0.25) is 0 Å². The minimum Gasteiger partial charge on any atom is -0.296 e. The molecule has 0 N–H and O–H groups in total. The van der Waals surface area contributed by atoms with Crippen LogP contribution in [-0.4, -0.2) is 17.5 Å². The molecule has 16 heavy (non-hydrogen) atoms. The van der Waals surface area contributed by atoms with Gasteiger partial charge in [-0.2, -0.15) is 5.26 Å². The monoisotopic (exact) mass is 280 g/mol. The van der Waals surface area contributed by atoms with Crippen molar-refractivity contribution in [3.05, 3.63) is 34.3 Å². The molecule has 0 spiro atoms. The lowest BCUT2D eigenvalue weighted by molar-refractivity contribution is 0.218. The van der Waals surface area contributed by atoms with Gasteiger partial charge in [-0.05, 0) is 31.5 Å². The third kappa shape index (κ3) is 4.34. The summed E-state index contributed by atoms with van der Waals surface area (Å²) in [6.07, 6.45) is 0.592. The van der Waals surface area contributed by atoms with Crippen molar-refractivity contribution < 1.29 is 0 Å². The molecule has 0 saturated carbocycles. The van der Waals surface area contributed by atoms with E-state index in [1.165, 1.54) is 5.56 Å². The number of hydrogen-bond acceptors (Lipinski definition) is 2. The summed E-state index contributed by atoms with van der Waals surface area (Å²) in [5, 5.41) is 8.62. The van der Waals surface area contributed by atoms with Crippen molar-refractivity contribution in [2.75, 3.05) is 6.54 Å². The van der Waals surface area contributed by atoms with Gasteiger partial charge >= 0.3 is 0 Å². The van der Waals surface area contributed by atoms with Gasteiger partial charge in [-0.1, -0.05) is 28.1 Å². The third-order valence-corrected chi connectivity index (χ3v) is 3.07. The van der Waals surface area contributed by atoms with Crippen LogP contribution < -0.4 is 0 Å². The fourth-order valence-electron chi connectivity index (χ4n) is 1.54. The third-order valence-electron chi connectivity index (χ3n) is 2.54. The quantitative estimate of drug-likeness (QED) is 0.825. The lowest BCUT2D eigenvalue weighted by atomic mass is 10.2. The Morgan fingerprint density at radius 3 is 2.44 bits per heavy atom. The summed E-state index contributed by atoms with van der Waals surface area (Å²) in [6, 6.07) is 11.0. The first-order valence-corrected chi connectivity index (χ1v) is 6.28. The minimum atomic E-state index is 0.469. The van der Waals surface area contributed by atoms with E-state index in [9.17, 15) is 0 Å². The number of benzene rings is 1. The summed E-state index contributed by atoms with van der Waals surface area (Å²) >= 11 is 3.43. The van der Waals surface area contributed by atoms with E-state index < -0.39 is 0 Å². The maximum Gasteiger partial charge on any atom is 0.0635 e. The molecule has 0 bridgehead atoms. The summed E-state index contributed by atoms with van der Waals surface area (Å²) in [6.45, 7) is 6.07. The largest absolute Gasteiger partial charge is 0.296 e. The molecule has 0 aliphatic carbocycles. The van der Waals surface area contributed by atoms with Gasteiger partial charge in [0.2, 0.25) is 0 Å². The van der Waals surface area contributed by atoms with E-state index in [-0.39, 0.29) is 0 Å². The second kappa shape index (κ2) is 6.67. The average Bonchev–Trinajstić information content (AvgIpc) is 2.26. The predicted octanol–water partition coefficient (Wildman–Crippen LogP) is 3.57. The Kier molecular flexibility index (Phi) is 5.51. The topological polar surface area (TPSA) is 27.0 Å². The Bertz CT molecular complexity index is 351. The number of hydrogen-bond donors (Lipinski definition) is 0. The van der Waals surface area contributed by atoms with Gasteiger partial charge < -0.3 is 0 Å². The van der Waals surface area contributed by atoms with Crippen LogP contribution in [0.5, 0.6) is 0 Å². The van der Waals surface area contributed by atoms with Crippen molar-refractivity contribution in [1.82, 2.24) is 4.90 Å². The van der Waals surface area contributed by atoms with Crippen LogP contribution in [0.4, 0.5) is 0 Å². The van der Waals surface area contributed by atoms with Gasteiger partial charge in [0.1, 0.15) is 0 Å². The number of rotatable bonds is 5. The van der Waals surface area contributed by atoms with Crippen molar-refractivity contribution in [2.24, 2.45) is 0 Å². The van der Waals surface area contributed by atoms with Gasteiger partial charge in [-0.15, -0.1) is 0 Å². The molecule has 1 aromatic carbocycles.